The molecule has 0 aliphatic rings. The zero-order valence-electron chi connectivity index (χ0n) is 10.9. The minimum absolute atomic E-state index is 0.0409. The Labute approximate surface area is 115 Å². The van der Waals surface area contributed by atoms with E-state index in [1.165, 1.54) is 18.2 Å². The topological polar surface area (TPSA) is 35.2 Å². The first kappa shape index (κ1) is 14.4. The van der Waals surface area contributed by atoms with Crippen molar-refractivity contribution in [3.63, 3.8) is 0 Å². The Hall–Kier alpha value is -2.01. The fraction of sp³-hybridized carbons (Fsp3) is 0.200. The number of ether oxygens (including phenoxy) is 1. The highest BCUT2D eigenvalue weighted by atomic mass is 19.2. The summed E-state index contributed by atoms with van der Waals surface area (Å²) in [7, 11) is 0. The van der Waals surface area contributed by atoms with E-state index < -0.39 is 17.5 Å². The first-order valence-corrected chi connectivity index (χ1v) is 6.09. The fourth-order valence-corrected chi connectivity index (χ4v) is 1.71. The molecule has 0 fully saturated rings. The summed E-state index contributed by atoms with van der Waals surface area (Å²) in [6.45, 7) is 1.70. The van der Waals surface area contributed by atoms with E-state index in [1.807, 2.05) is 0 Å². The zero-order valence-corrected chi connectivity index (χ0v) is 10.9. The number of hydrogen-bond donors (Lipinski definition) is 1. The molecule has 0 bridgehead atoms. The maximum Gasteiger partial charge on any atom is 0.165 e. The number of halogens is 3. The average molecular weight is 281 g/mol. The summed E-state index contributed by atoms with van der Waals surface area (Å²) in [5.41, 5.74) is 6.72. The van der Waals surface area contributed by atoms with Crippen LogP contribution in [0.15, 0.2) is 36.4 Å². The molecule has 2 nitrogen and oxygen atoms in total. The van der Waals surface area contributed by atoms with E-state index >= 15 is 0 Å². The van der Waals surface area contributed by atoms with Gasteiger partial charge in [-0.2, -0.15) is 0 Å². The molecule has 0 saturated carbocycles. The quantitative estimate of drug-likeness (QED) is 0.927. The predicted octanol–water partition coefficient (Wildman–Crippen LogP) is 3.70. The maximum absolute atomic E-state index is 13.7. The molecule has 2 aromatic rings. The van der Waals surface area contributed by atoms with Crippen LogP contribution in [0.5, 0.6) is 5.75 Å². The maximum atomic E-state index is 13.7. The third-order valence-corrected chi connectivity index (χ3v) is 2.86. The Morgan fingerprint density at radius 3 is 2.35 bits per heavy atom. The number of rotatable bonds is 4. The minimum Gasteiger partial charge on any atom is -0.486 e. The highest BCUT2D eigenvalue weighted by molar-refractivity contribution is 5.31. The van der Waals surface area contributed by atoms with Crippen molar-refractivity contribution in [3.8, 4) is 5.75 Å². The summed E-state index contributed by atoms with van der Waals surface area (Å²) in [6, 6.07) is 7.55. The molecule has 0 spiro atoms. The Morgan fingerprint density at radius 2 is 1.75 bits per heavy atom. The molecule has 2 aromatic carbocycles. The number of nitrogens with two attached hydrogens (primary N) is 1. The molecule has 1 atom stereocenters. The fourth-order valence-electron chi connectivity index (χ4n) is 1.71. The van der Waals surface area contributed by atoms with Gasteiger partial charge in [0.25, 0.3) is 0 Å². The lowest BCUT2D eigenvalue weighted by molar-refractivity contribution is 0.289. The van der Waals surface area contributed by atoms with Crippen LogP contribution < -0.4 is 10.5 Å². The molecule has 0 aliphatic heterocycles. The summed E-state index contributed by atoms with van der Waals surface area (Å²) in [5, 5.41) is 0. The summed E-state index contributed by atoms with van der Waals surface area (Å²) < 4.78 is 44.8. The van der Waals surface area contributed by atoms with Gasteiger partial charge in [-0.1, -0.05) is 12.1 Å². The Morgan fingerprint density at radius 1 is 1.00 bits per heavy atom. The molecule has 5 heteroatoms. The van der Waals surface area contributed by atoms with Gasteiger partial charge >= 0.3 is 0 Å². The third kappa shape index (κ3) is 3.30. The van der Waals surface area contributed by atoms with Gasteiger partial charge in [-0.15, -0.1) is 0 Å². The van der Waals surface area contributed by atoms with Crippen LogP contribution in [0, 0.1) is 17.5 Å². The molecule has 0 saturated heterocycles. The number of hydrogen-bond acceptors (Lipinski definition) is 2. The molecular weight excluding hydrogens is 267 g/mol. The van der Waals surface area contributed by atoms with Crippen LogP contribution in [0.25, 0.3) is 0 Å². The second-order valence-electron chi connectivity index (χ2n) is 4.52. The van der Waals surface area contributed by atoms with Crippen LogP contribution in [0.3, 0.4) is 0 Å². The van der Waals surface area contributed by atoms with Crippen LogP contribution in [-0.2, 0) is 6.61 Å². The zero-order chi connectivity index (χ0) is 14.7. The molecule has 0 heterocycles. The molecular formula is C15H14F3NO. The molecule has 0 aliphatic carbocycles. The van der Waals surface area contributed by atoms with Gasteiger partial charge in [0, 0.05) is 6.04 Å². The largest absolute Gasteiger partial charge is 0.486 e. The molecule has 0 amide bonds. The highest BCUT2D eigenvalue weighted by Gasteiger charge is 2.08. The van der Waals surface area contributed by atoms with E-state index in [-0.39, 0.29) is 18.4 Å². The van der Waals surface area contributed by atoms with Crippen LogP contribution in [-0.4, -0.2) is 0 Å². The van der Waals surface area contributed by atoms with Crippen molar-refractivity contribution < 1.29 is 17.9 Å². The molecule has 2 N–H and O–H groups in total. The lowest BCUT2D eigenvalue weighted by atomic mass is 10.1. The van der Waals surface area contributed by atoms with Gasteiger partial charge in [0.1, 0.15) is 6.61 Å². The summed E-state index contributed by atoms with van der Waals surface area (Å²) in [5.74, 6) is -2.39. The Balaban J connectivity index is 2.09. The predicted molar refractivity (Wildman–Crippen MR) is 69.7 cm³/mol. The van der Waals surface area contributed by atoms with Gasteiger partial charge in [0.05, 0.1) is 0 Å². The summed E-state index contributed by atoms with van der Waals surface area (Å²) in [4.78, 5) is 0. The van der Waals surface area contributed by atoms with Crippen LogP contribution in [0.4, 0.5) is 13.2 Å². The summed E-state index contributed by atoms with van der Waals surface area (Å²) >= 11 is 0. The van der Waals surface area contributed by atoms with Crippen molar-refractivity contribution in [1.29, 1.82) is 0 Å². The average Bonchev–Trinajstić information content (AvgIpc) is 2.41. The van der Waals surface area contributed by atoms with E-state index in [0.717, 1.165) is 12.1 Å². The summed E-state index contributed by atoms with van der Waals surface area (Å²) in [6.07, 6.45) is 0. The third-order valence-electron chi connectivity index (χ3n) is 2.86. The van der Waals surface area contributed by atoms with E-state index in [2.05, 4.69) is 0 Å². The lowest BCUT2D eigenvalue weighted by Gasteiger charge is -2.10. The first-order chi connectivity index (χ1) is 9.47. The molecule has 106 valence electrons. The molecule has 2 rings (SSSR count). The van der Waals surface area contributed by atoms with E-state index in [0.29, 0.717) is 11.1 Å². The van der Waals surface area contributed by atoms with Crippen molar-refractivity contribution in [2.24, 2.45) is 5.73 Å². The van der Waals surface area contributed by atoms with Crippen molar-refractivity contribution >= 4 is 0 Å². The van der Waals surface area contributed by atoms with E-state index in [1.54, 1.807) is 13.0 Å². The molecule has 0 radical (unpaired) electrons. The van der Waals surface area contributed by atoms with Gasteiger partial charge in [-0.05, 0) is 42.3 Å². The molecule has 0 unspecified atom stereocenters. The smallest absolute Gasteiger partial charge is 0.165 e. The first-order valence-electron chi connectivity index (χ1n) is 6.09. The second kappa shape index (κ2) is 5.96. The van der Waals surface area contributed by atoms with E-state index in [9.17, 15) is 13.2 Å². The van der Waals surface area contributed by atoms with Gasteiger partial charge < -0.3 is 10.5 Å². The van der Waals surface area contributed by atoms with E-state index in [4.69, 9.17) is 10.5 Å². The van der Waals surface area contributed by atoms with Crippen molar-refractivity contribution in [3.05, 3.63) is 65.0 Å². The highest BCUT2D eigenvalue weighted by Crippen LogP contribution is 2.22. The Kier molecular flexibility index (Phi) is 4.29. The second-order valence-corrected chi connectivity index (χ2v) is 4.52. The SMILES string of the molecule is C[C@H](N)c1ccc(OCc2ccc(F)c(F)c2)c(F)c1. The van der Waals surface area contributed by atoms with Crippen molar-refractivity contribution in [2.45, 2.75) is 19.6 Å². The minimum atomic E-state index is -0.959. The van der Waals surface area contributed by atoms with Crippen LogP contribution in [0.2, 0.25) is 0 Å². The Bertz CT molecular complexity index is 614. The van der Waals surface area contributed by atoms with Crippen LogP contribution >= 0.6 is 0 Å². The van der Waals surface area contributed by atoms with Crippen LogP contribution in [0.1, 0.15) is 24.1 Å². The molecule has 0 aromatic heterocycles. The lowest BCUT2D eigenvalue weighted by Crippen LogP contribution is -2.06. The molecule has 20 heavy (non-hydrogen) atoms. The van der Waals surface area contributed by atoms with Crippen molar-refractivity contribution in [1.82, 2.24) is 0 Å². The van der Waals surface area contributed by atoms with Gasteiger partial charge in [-0.3, -0.25) is 0 Å². The normalized spacial score (nSPS) is 12.2. The van der Waals surface area contributed by atoms with Gasteiger partial charge in [-0.25, -0.2) is 13.2 Å². The van der Waals surface area contributed by atoms with Crippen molar-refractivity contribution in [2.75, 3.05) is 0 Å². The van der Waals surface area contributed by atoms with Gasteiger partial charge in [0.15, 0.2) is 23.2 Å². The standard InChI is InChI=1S/C15H14F3NO/c1-9(19)11-3-5-15(14(18)7-11)20-8-10-2-4-12(16)13(17)6-10/h2-7,9H,8,19H2,1H3/t9-/m0/s1. The van der Waals surface area contributed by atoms with Gasteiger partial charge in [0.2, 0.25) is 0 Å². The number of benzene rings is 2. The monoisotopic (exact) mass is 281 g/mol.